The number of nitrogens with zero attached hydrogens (tertiary/aromatic N) is 4. The van der Waals surface area contributed by atoms with Crippen molar-refractivity contribution >= 4 is 11.5 Å². The van der Waals surface area contributed by atoms with Crippen molar-refractivity contribution in [2.75, 3.05) is 5.32 Å². The maximum Gasteiger partial charge on any atom is 0.346 e. The summed E-state index contributed by atoms with van der Waals surface area (Å²) >= 11 is 0. The Labute approximate surface area is 118 Å². The van der Waals surface area contributed by atoms with Gasteiger partial charge in [-0.1, -0.05) is 18.2 Å². The molecule has 0 saturated heterocycles. The Hall–Kier alpha value is -2.97. The van der Waals surface area contributed by atoms with E-state index in [0.29, 0.717) is 5.56 Å². The van der Waals surface area contributed by atoms with E-state index in [0.717, 1.165) is 9.25 Å². The Morgan fingerprint density at radius 2 is 1.95 bits per heavy atom. The molecule has 0 atom stereocenters. The highest BCUT2D eigenvalue weighted by molar-refractivity contribution is 5.42. The third-order valence-electron chi connectivity index (χ3n) is 2.96. The van der Waals surface area contributed by atoms with Gasteiger partial charge in [0, 0.05) is 32.3 Å². The molecule has 9 heteroatoms. The molecule has 1 aromatic heterocycles. The van der Waals surface area contributed by atoms with Gasteiger partial charge >= 0.3 is 5.69 Å². The molecule has 0 aliphatic carbocycles. The van der Waals surface area contributed by atoms with E-state index in [1.165, 1.54) is 20.2 Å². The molecule has 0 saturated carbocycles. The standard InChI is InChI=1S/C12H13N5O4/c1-15-11(18)10(14-16(2)12(15)19)13-7-8-5-3-4-6-9(8)17(20)21/h3-6H,7H2,1-2H3,(H,13,14). The molecule has 2 rings (SSSR count). The van der Waals surface area contributed by atoms with Crippen LogP contribution in [0.2, 0.25) is 0 Å². The van der Waals surface area contributed by atoms with Crippen LogP contribution in [0.5, 0.6) is 0 Å². The zero-order valence-electron chi connectivity index (χ0n) is 11.4. The quantitative estimate of drug-likeness (QED) is 0.626. The summed E-state index contributed by atoms with van der Waals surface area (Å²) in [7, 11) is 2.75. The number of aryl methyl sites for hydroxylation is 1. The monoisotopic (exact) mass is 291 g/mol. The summed E-state index contributed by atoms with van der Waals surface area (Å²) in [5, 5.41) is 17.4. The molecular weight excluding hydrogens is 278 g/mol. The third kappa shape index (κ3) is 2.81. The molecule has 2 aromatic rings. The van der Waals surface area contributed by atoms with E-state index in [-0.39, 0.29) is 18.1 Å². The molecule has 21 heavy (non-hydrogen) atoms. The number of nitro groups is 1. The number of nitrogens with one attached hydrogen (secondary N) is 1. The highest BCUT2D eigenvalue weighted by Crippen LogP contribution is 2.17. The van der Waals surface area contributed by atoms with Crippen LogP contribution in [0.25, 0.3) is 0 Å². The predicted octanol–water partition coefficient (Wildman–Crippen LogP) is -0.000700. The third-order valence-corrected chi connectivity index (χ3v) is 2.96. The van der Waals surface area contributed by atoms with Gasteiger partial charge in [-0.05, 0) is 0 Å². The van der Waals surface area contributed by atoms with Crippen molar-refractivity contribution in [3.8, 4) is 0 Å². The zero-order valence-corrected chi connectivity index (χ0v) is 11.4. The summed E-state index contributed by atoms with van der Waals surface area (Å²) in [5.41, 5.74) is -0.764. The van der Waals surface area contributed by atoms with E-state index in [2.05, 4.69) is 10.4 Å². The lowest BCUT2D eigenvalue weighted by molar-refractivity contribution is -0.385. The van der Waals surface area contributed by atoms with Crippen LogP contribution in [0.4, 0.5) is 11.5 Å². The average molecular weight is 291 g/mol. The molecule has 9 nitrogen and oxygen atoms in total. The van der Waals surface area contributed by atoms with Crippen LogP contribution in [0.15, 0.2) is 33.9 Å². The van der Waals surface area contributed by atoms with Crippen molar-refractivity contribution in [2.45, 2.75) is 6.54 Å². The molecule has 0 unspecified atom stereocenters. The maximum atomic E-state index is 11.9. The highest BCUT2D eigenvalue weighted by Gasteiger charge is 2.14. The molecule has 0 spiro atoms. The number of para-hydroxylation sites is 1. The van der Waals surface area contributed by atoms with Gasteiger partial charge in [0.2, 0.25) is 5.82 Å². The smallest absolute Gasteiger partial charge is 0.346 e. The summed E-state index contributed by atoms with van der Waals surface area (Å²) in [6.07, 6.45) is 0. The van der Waals surface area contributed by atoms with Crippen molar-refractivity contribution in [1.82, 2.24) is 14.3 Å². The number of aromatic nitrogens is 3. The van der Waals surface area contributed by atoms with E-state index >= 15 is 0 Å². The maximum absolute atomic E-state index is 11.9. The fraction of sp³-hybridized carbons (Fsp3) is 0.250. The summed E-state index contributed by atoms with van der Waals surface area (Å²) in [6.45, 7) is 0.0532. The second kappa shape index (κ2) is 5.57. The average Bonchev–Trinajstić information content (AvgIpc) is 2.47. The van der Waals surface area contributed by atoms with E-state index in [1.807, 2.05) is 0 Å². The Kier molecular flexibility index (Phi) is 3.83. The Morgan fingerprint density at radius 1 is 1.29 bits per heavy atom. The van der Waals surface area contributed by atoms with Crippen molar-refractivity contribution in [3.05, 3.63) is 60.8 Å². The minimum atomic E-state index is -0.586. The molecule has 1 heterocycles. The summed E-state index contributed by atoms with van der Waals surface area (Å²) in [5.74, 6) is -0.0437. The zero-order chi connectivity index (χ0) is 15.6. The van der Waals surface area contributed by atoms with Gasteiger partial charge in [0.1, 0.15) is 0 Å². The predicted molar refractivity (Wildman–Crippen MR) is 75.1 cm³/mol. The minimum absolute atomic E-state index is 0.0437. The molecule has 0 radical (unpaired) electrons. The molecule has 0 fully saturated rings. The van der Waals surface area contributed by atoms with Crippen LogP contribution >= 0.6 is 0 Å². The first-order chi connectivity index (χ1) is 9.91. The van der Waals surface area contributed by atoms with Crippen LogP contribution < -0.4 is 16.6 Å². The normalized spacial score (nSPS) is 10.4. The van der Waals surface area contributed by atoms with Crippen molar-refractivity contribution in [3.63, 3.8) is 0 Å². The number of nitro benzene ring substituents is 1. The molecule has 0 amide bonds. The van der Waals surface area contributed by atoms with E-state index in [1.54, 1.807) is 18.2 Å². The highest BCUT2D eigenvalue weighted by atomic mass is 16.6. The lowest BCUT2D eigenvalue weighted by Crippen LogP contribution is -2.39. The fourth-order valence-corrected chi connectivity index (χ4v) is 1.83. The summed E-state index contributed by atoms with van der Waals surface area (Å²) in [4.78, 5) is 33.8. The van der Waals surface area contributed by atoms with Crippen LogP contribution in [0.1, 0.15) is 5.56 Å². The van der Waals surface area contributed by atoms with Gasteiger partial charge in [-0.2, -0.15) is 0 Å². The van der Waals surface area contributed by atoms with Gasteiger partial charge in [-0.25, -0.2) is 9.48 Å². The first-order valence-electron chi connectivity index (χ1n) is 6.02. The molecular formula is C12H13N5O4. The summed E-state index contributed by atoms with van der Waals surface area (Å²) < 4.78 is 1.93. The molecule has 0 aliphatic rings. The van der Waals surface area contributed by atoms with Crippen LogP contribution in [0, 0.1) is 10.1 Å². The van der Waals surface area contributed by atoms with E-state index in [4.69, 9.17) is 0 Å². The van der Waals surface area contributed by atoms with Crippen molar-refractivity contribution < 1.29 is 4.92 Å². The lowest BCUT2D eigenvalue weighted by atomic mass is 10.2. The molecule has 110 valence electrons. The summed E-state index contributed by atoms with van der Waals surface area (Å²) in [6, 6.07) is 6.18. The van der Waals surface area contributed by atoms with Gasteiger partial charge in [0.15, 0.2) is 0 Å². The van der Waals surface area contributed by atoms with E-state index < -0.39 is 16.2 Å². The van der Waals surface area contributed by atoms with Crippen LogP contribution in [0.3, 0.4) is 0 Å². The van der Waals surface area contributed by atoms with Crippen LogP contribution in [-0.4, -0.2) is 19.3 Å². The largest absolute Gasteiger partial charge is 0.360 e. The van der Waals surface area contributed by atoms with Crippen LogP contribution in [-0.2, 0) is 20.6 Å². The molecule has 1 N–H and O–H groups in total. The molecule has 1 aromatic carbocycles. The minimum Gasteiger partial charge on any atom is -0.360 e. The number of rotatable bonds is 4. The number of anilines is 1. The lowest BCUT2D eigenvalue weighted by Gasteiger charge is -2.08. The molecule has 0 aliphatic heterocycles. The number of hydrogen-bond donors (Lipinski definition) is 1. The fourth-order valence-electron chi connectivity index (χ4n) is 1.83. The second-order valence-corrected chi connectivity index (χ2v) is 4.36. The molecule has 0 bridgehead atoms. The Bertz CT molecular complexity index is 808. The van der Waals surface area contributed by atoms with Crippen molar-refractivity contribution in [2.24, 2.45) is 14.1 Å². The van der Waals surface area contributed by atoms with Gasteiger partial charge in [-0.3, -0.25) is 19.5 Å². The number of hydrogen-bond acceptors (Lipinski definition) is 6. The first-order valence-corrected chi connectivity index (χ1v) is 6.02. The van der Waals surface area contributed by atoms with Gasteiger partial charge in [0.25, 0.3) is 11.2 Å². The topological polar surface area (TPSA) is 112 Å². The van der Waals surface area contributed by atoms with E-state index in [9.17, 15) is 19.7 Å². The SMILES string of the molecule is Cn1nc(NCc2ccccc2[N+](=O)[O-])c(=O)n(C)c1=O. The second-order valence-electron chi connectivity index (χ2n) is 4.36. The Morgan fingerprint density at radius 3 is 2.62 bits per heavy atom. The van der Waals surface area contributed by atoms with Gasteiger partial charge in [0.05, 0.1) is 4.92 Å². The van der Waals surface area contributed by atoms with Gasteiger partial charge < -0.3 is 5.32 Å². The first kappa shape index (κ1) is 14.4. The van der Waals surface area contributed by atoms with Gasteiger partial charge in [-0.15, -0.1) is 5.10 Å². The van der Waals surface area contributed by atoms with Crippen molar-refractivity contribution in [1.29, 1.82) is 0 Å². The Balaban J connectivity index is 2.32. The number of benzene rings is 1.